The maximum absolute atomic E-state index is 12.4. The molecule has 0 aromatic heterocycles. The van der Waals surface area contributed by atoms with Crippen LogP contribution in [-0.4, -0.2) is 67.2 Å². The van der Waals surface area contributed by atoms with Gasteiger partial charge >= 0.3 is 18.0 Å². The molecule has 11 nitrogen and oxygen atoms in total. The van der Waals surface area contributed by atoms with E-state index in [9.17, 15) is 19.2 Å². The van der Waals surface area contributed by atoms with E-state index >= 15 is 0 Å². The van der Waals surface area contributed by atoms with Gasteiger partial charge in [-0.25, -0.2) is 9.59 Å². The molecule has 2 rings (SSSR count). The minimum atomic E-state index is -0.981. The lowest BCUT2D eigenvalue weighted by atomic mass is 10.1. The van der Waals surface area contributed by atoms with Crippen LogP contribution < -0.4 is 26.0 Å². The number of hydrogen-bond acceptors (Lipinski definition) is 5. The number of aryl methyl sites for hydroxylation is 1. The number of hydrogen-bond donors (Lipinski definition) is 5. The molecule has 0 fully saturated rings. The fraction of sp³-hybridized carbons (Fsp3) is 0.385. The predicted octanol–water partition coefficient (Wildman–Crippen LogP) is 3.20. The zero-order valence-electron chi connectivity index (χ0n) is 21.6. The molecule has 11 heteroatoms. The average Bonchev–Trinajstić information content (AvgIpc) is 2.83. The number of para-hydroxylation sites is 1. The molecular formula is C26H35N5O6. The van der Waals surface area contributed by atoms with E-state index in [2.05, 4.69) is 21.3 Å². The molecule has 5 N–H and O–H groups in total. The highest BCUT2D eigenvalue weighted by Gasteiger charge is 2.15. The number of urea groups is 2. The molecule has 0 saturated carbocycles. The zero-order chi connectivity index (χ0) is 27.4. The van der Waals surface area contributed by atoms with Crippen LogP contribution in [0.5, 0.6) is 5.75 Å². The van der Waals surface area contributed by atoms with Crippen molar-refractivity contribution in [3.63, 3.8) is 0 Å². The molecule has 0 aliphatic rings. The van der Waals surface area contributed by atoms with Crippen LogP contribution in [0.4, 0.5) is 21.0 Å². The Bertz CT molecular complexity index is 1110. The average molecular weight is 514 g/mol. The maximum Gasteiger partial charge on any atom is 0.323 e. The number of carboxylic acids is 1. The zero-order valence-corrected chi connectivity index (χ0v) is 21.6. The summed E-state index contributed by atoms with van der Waals surface area (Å²) >= 11 is 0. The lowest BCUT2D eigenvalue weighted by Crippen LogP contribution is -2.43. The normalized spacial score (nSPS) is 11.1. The Morgan fingerprint density at radius 1 is 1.05 bits per heavy atom. The number of carbonyl (C=O) groups excluding carboxylic acids is 3. The molecule has 2 aromatic rings. The summed E-state index contributed by atoms with van der Waals surface area (Å²) in [6.45, 7) is 4.29. The standard InChI is InChI=1S/C26H35N5O6/c1-17-8-5-6-9-20(17)29-25(35)30-21-11-10-19(15-22(21)37-4)16-23(32)27-12-7-13-31(3)26(36)28-18(2)14-24(33)34/h5-6,8-11,15,18H,7,12-14,16H2,1-4H3,(H,27,32)(H,28,36)(H,33,34)(H2,29,30,35)/t18-/m0/s1. The first-order valence-electron chi connectivity index (χ1n) is 11.9. The third kappa shape index (κ3) is 10.1. The van der Waals surface area contributed by atoms with E-state index in [0.717, 1.165) is 5.56 Å². The van der Waals surface area contributed by atoms with Gasteiger partial charge in [0.05, 0.1) is 25.6 Å². The highest BCUT2D eigenvalue weighted by atomic mass is 16.5. The largest absolute Gasteiger partial charge is 0.495 e. The Balaban J connectivity index is 1.79. The van der Waals surface area contributed by atoms with Gasteiger partial charge < -0.3 is 36.0 Å². The van der Waals surface area contributed by atoms with Crippen molar-refractivity contribution in [3.05, 3.63) is 53.6 Å². The summed E-state index contributed by atoms with van der Waals surface area (Å²) in [5.41, 5.74) is 2.82. The topological polar surface area (TPSA) is 149 Å². The molecule has 0 radical (unpaired) electrons. The Kier molecular flexibility index (Phi) is 11.2. The van der Waals surface area contributed by atoms with Crippen LogP contribution in [0.1, 0.15) is 30.9 Å². The monoisotopic (exact) mass is 513 g/mol. The molecule has 0 saturated heterocycles. The van der Waals surface area contributed by atoms with Crippen molar-refractivity contribution >= 4 is 35.3 Å². The van der Waals surface area contributed by atoms with Crippen molar-refractivity contribution in [2.75, 3.05) is 37.9 Å². The summed E-state index contributed by atoms with van der Waals surface area (Å²) in [5.74, 6) is -0.748. The Morgan fingerprint density at radius 3 is 2.43 bits per heavy atom. The van der Waals surface area contributed by atoms with Crippen molar-refractivity contribution in [3.8, 4) is 5.75 Å². The fourth-order valence-electron chi connectivity index (χ4n) is 3.47. The Hall–Kier alpha value is -4.28. The number of ether oxygens (including phenoxy) is 1. The minimum Gasteiger partial charge on any atom is -0.495 e. The second-order valence-corrected chi connectivity index (χ2v) is 8.68. The molecule has 2 aromatic carbocycles. The number of carbonyl (C=O) groups is 4. The van der Waals surface area contributed by atoms with Crippen molar-refractivity contribution in [1.82, 2.24) is 15.5 Å². The van der Waals surface area contributed by atoms with Crippen molar-refractivity contribution in [2.45, 2.75) is 39.2 Å². The second-order valence-electron chi connectivity index (χ2n) is 8.68. The van der Waals surface area contributed by atoms with E-state index < -0.39 is 18.0 Å². The van der Waals surface area contributed by atoms with Gasteiger partial charge in [0, 0.05) is 31.9 Å². The van der Waals surface area contributed by atoms with Crippen LogP contribution in [0.15, 0.2) is 42.5 Å². The smallest absolute Gasteiger partial charge is 0.323 e. The maximum atomic E-state index is 12.4. The lowest BCUT2D eigenvalue weighted by Gasteiger charge is -2.20. The van der Waals surface area contributed by atoms with E-state index in [1.165, 1.54) is 12.0 Å². The SMILES string of the molecule is COc1cc(CC(=O)NCCCN(C)C(=O)N[C@@H](C)CC(=O)O)ccc1NC(=O)Nc1ccccc1C. The first kappa shape index (κ1) is 29.0. The van der Waals surface area contributed by atoms with Crippen LogP contribution in [-0.2, 0) is 16.0 Å². The summed E-state index contributed by atoms with van der Waals surface area (Å²) in [4.78, 5) is 49.0. The van der Waals surface area contributed by atoms with Gasteiger partial charge in [-0.2, -0.15) is 0 Å². The molecule has 0 spiro atoms. The van der Waals surface area contributed by atoms with E-state index in [0.29, 0.717) is 42.2 Å². The summed E-state index contributed by atoms with van der Waals surface area (Å²) in [5, 5.41) is 19.7. The summed E-state index contributed by atoms with van der Waals surface area (Å²) in [6.07, 6.45) is 0.498. The van der Waals surface area contributed by atoms with Gasteiger partial charge in [-0.1, -0.05) is 24.3 Å². The Morgan fingerprint density at radius 2 is 1.76 bits per heavy atom. The number of anilines is 2. The van der Waals surface area contributed by atoms with E-state index in [-0.39, 0.29) is 24.8 Å². The number of benzene rings is 2. The second kappa shape index (κ2) is 14.3. The fourth-order valence-corrected chi connectivity index (χ4v) is 3.47. The van der Waals surface area contributed by atoms with Gasteiger partial charge in [-0.05, 0) is 49.6 Å². The van der Waals surface area contributed by atoms with Gasteiger partial charge in [-0.3, -0.25) is 9.59 Å². The van der Waals surface area contributed by atoms with Crippen LogP contribution in [0.2, 0.25) is 0 Å². The number of nitrogens with one attached hydrogen (secondary N) is 4. The van der Waals surface area contributed by atoms with E-state index in [4.69, 9.17) is 9.84 Å². The molecule has 0 unspecified atom stereocenters. The van der Waals surface area contributed by atoms with Gasteiger partial charge in [-0.15, -0.1) is 0 Å². The number of amides is 5. The Labute approximate surface area is 216 Å². The summed E-state index contributed by atoms with van der Waals surface area (Å²) < 4.78 is 5.39. The molecule has 37 heavy (non-hydrogen) atoms. The molecular weight excluding hydrogens is 478 g/mol. The third-order valence-corrected chi connectivity index (χ3v) is 5.46. The number of methoxy groups -OCH3 is 1. The molecule has 0 aliphatic heterocycles. The van der Waals surface area contributed by atoms with Crippen molar-refractivity contribution < 1.29 is 29.0 Å². The van der Waals surface area contributed by atoms with Crippen LogP contribution in [0, 0.1) is 6.92 Å². The molecule has 1 atom stereocenters. The van der Waals surface area contributed by atoms with Crippen LogP contribution in [0.3, 0.4) is 0 Å². The van der Waals surface area contributed by atoms with E-state index in [1.54, 1.807) is 32.2 Å². The van der Waals surface area contributed by atoms with E-state index in [1.807, 2.05) is 31.2 Å². The van der Waals surface area contributed by atoms with Crippen molar-refractivity contribution in [1.29, 1.82) is 0 Å². The highest BCUT2D eigenvalue weighted by molar-refractivity contribution is 6.01. The molecule has 0 heterocycles. The summed E-state index contributed by atoms with van der Waals surface area (Å²) in [7, 11) is 3.09. The van der Waals surface area contributed by atoms with Crippen molar-refractivity contribution in [2.24, 2.45) is 0 Å². The van der Waals surface area contributed by atoms with Gasteiger partial charge in [0.1, 0.15) is 5.75 Å². The molecule has 0 bridgehead atoms. The quantitative estimate of drug-likeness (QED) is 0.275. The van der Waals surface area contributed by atoms with Crippen LogP contribution in [0.25, 0.3) is 0 Å². The van der Waals surface area contributed by atoms with Gasteiger partial charge in [0.15, 0.2) is 0 Å². The van der Waals surface area contributed by atoms with Gasteiger partial charge in [0.2, 0.25) is 5.91 Å². The number of nitrogens with zero attached hydrogens (tertiary/aromatic N) is 1. The van der Waals surface area contributed by atoms with Crippen LogP contribution >= 0.6 is 0 Å². The molecule has 200 valence electrons. The molecule has 0 aliphatic carbocycles. The molecule has 5 amide bonds. The number of carboxylic acid groups (broad SMARTS) is 1. The first-order chi connectivity index (χ1) is 17.6. The number of aliphatic carboxylic acids is 1. The highest BCUT2D eigenvalue weighted by Crippen LogP contribution is 2.26. The third-order valence-electron chi connectivity index (χ3n) is 5.46. The lowest BCUT2D eigenvalue weighted by molar-refractivity contribution is -0.137. The van der Waals surface area contributed by atoms with Gasteiger partial charge in [0.25, 0.3) is 0 Å². The first-order valence-corrected chi connectivity index (χ1v) is 11.9. The number of rotatable bonds is 12. The summed E-state index contributed by atoms with van der Waals surface area (Å²) in [6, 6.07) is 11.3. The predicted molar refractivity (Wildman–Crippen MR) is 141 cm³/mol. The minimum absolute atomic E-state index is 0.120.